The van der Waals surface area contributed by atoms with Crippen molar-refractivity contribution in [3.05, 3.63) is 35.9 Å². The van der Waals surface area contributed by atoms with Gasteiger partial charge in [0, 0.05) is 14.2 Å². The van der Waals surface area contributed by atoms with Gasteiger partial charge < -0.3 is 9.47 Å². The van der Waals surface area contributed by atoms with Crippen molar-refractivity contribution in [3.8, 4) is 0 Å². The molecule has 0 aliphatic heterocycles. The SMILES string of the molecule is COCC(C)(OC)c1ccccc1. The van der Waals surface area contributed by atoms with Crippen LogP contribution in [0.25, 0.3) is 0 Å². The van der Waals surface area contributed by atoms with E-state index in [1.54, 1.807) is 14.2 Å². The van der Waals surface area contributed by atoms with Crippen LogP contribution in [0.1, 0.15) is 12.5 Å². The predicted molar refractivity (Wildman–Crippen MR) is 52.7 cm³/mol. The summed E-state index contributed by atoms with van der Waals surface area (Å²) in [4.78, 5) is 0. The zero-order valence-corrected chi connectivity index (χ0v) is 8.41. The molecular formula is C11H16O2. The summed E-state index contributed by atoms with van der Waals surface area (Å²) in [5, 5.41) is 0. The van der Waals surface area contributed by atoms with Crippen LogP contribution in [0.2, 0.25) is 0 Å². The van der Waals surface area contributed by atoms with Crippen LogP contribution in [0.5, 0.6) is 0 Å². The van der Waals surface area contributed by atoms with E-state index in [4.69, 9.17) is 9.47 Å². The smallest absolute Gasteiger partial charge is 0.113 e. The van der Waals surface area contributed by atoms with Crippen LogP contribution < -0.4 is 0 Å². The molecule has 0 radical (unpaired) electrons. The molecule has 0 aliphatic carbocycles. The van der Waals surface area contributed by atoms with Crippen molar-refractivity contribution in [2.75, 3.05) is 20.8 Å². The first kappa shape index (κ1) is 10.2. The van der Waals surface area contributed by atoms with Gasteiger partial charge >= 0.3 is 0 Å². The third-order valence-corrected chi connectivity index (χ3v) is 2.25. The number of benzene rings is 1. The maximum Gasteiger partial charge on any atom is 0.113 e. The Bertz CT molecular complexity index is 246. The van der Waals surface area contributed by atoms with E-state index in [2.05, 4.69) is 0 Å². The molecule has 0 aromatic heterocycles. The standard InChI is InChI=1S/C11H16O2/c1-11(13-3,9-12-2)10-7-5-4-6-8-10/h4-8H,9H2,1-3H3. The van der Waals surface area contributed by atoms with E-state index >= 15 is 0 Å². The van der Waals surface area contributed by atoms with E-state index < -0.39 is 0 Å². The maximum absolute atomic E-state index is 5.44. The van der Waals surface area contributed by atoms with Gasteiger partial charge in [-0.05, 0) is 12.5 Å². The number of rotatable bonds is 4. The first-order valence-corrected chi connectivity index (χ1v) is 4.32. The van der Waals surface area contributed by atoms with Gasteiger partial charge in [0.1, 0.15) is 5.60 Å². The van der Waals surface area contributed by atoms with Crippen LogP contribution in [0.3, 0.4) is 0 Å². The Balaban J connectivity index is 2.89. The molecule has 1 aromatic rings. The molecule has 2 nitrogen and oxygen atoms in total. The van der Waals surface area contributed by atoms with Crippen molar-refractivity contribution < 1.29 is 9.47 Å². The topological polar surface area (TPSA) is 18.5 Å². The lowest BCUT2D eigenvalue weighted by Crippen LogP contribution is -2.29. The first-order valence-electron chi connectivity index (χ1n) is 4.32. The molecule has 0 saturated heterocycles. The fourth-order valence-corrected chi connectivity index (χ4v) is 1.33. The van der Waals surface area contributed by atoms with Crippen molar-refractivity contribution in [2.45, 2.75) is 12.5 Å². The molecule has 1 rings (SSSR count). The number of hydrogen-bond donors (Lipinski definition) is 0. The van der Waals surface area contributed by atoms with Crippen molar-refractivity contribution in [1.82, 2.24) is 0 Å². The second-order valence-electron chi connectivity index (χ2n) is 3.23. The summed E-state index contributed by atoms with van der Waals surface area (Å²) >= 11 is 0. The molecule has 1 aromatic carbocycles. The zero-order chi connectivity index (χ0) is 9.73. The fourth-order valence-electron chi connectivity index (χ4n) is 1.33. The minimum Gasteiger partial charge on any atom is -0.381 e. The van der Waals surface area contributed by atoms with Crippen LogP contribution in [-0.4, -0.2) is 20.8 Å². The van der Waals surface area contributed by atoms with Gasteiger partial charge in [-0.25, -0.2) is 0 Å². The Labute approximate surface area is 79.5 Å². The molecular weight excluding hydrogens is 164 g/mol. The van der Waals surface area contributed by atoms with E-state index in [-0.39, 0.29) is 5.60 Å². The molecule has 0 aliphatic rings. The highest BCUT2D eigenvalue weighted by atomic mass is 16.5. The van der Waals surface area contributed by atoms with Gasteiger partial charge in [0.15, 0.2) is 0 Å². The molecule has 13 heavy (non-hydrogen) atoms. The highest BCUT2D eigenvalue weighted by molar-refractivity contribution is 5.21. The van der Waals surface area contributed by atoms with E-state index in [1.165, 1.54) is 0 Å². The highest BCUT2D eigenvalue weighted by Gasteiger charge is 2.25. The first-order chi connectivity index (χ1) is 6.23. The van der Waals surface area contributed by atoms with E-state index in [0.717, 1.165) is 5.56 Å². The number of hydrogen-bond acceptors (Lipinski definition) is 2. The van der Waals surface area contributed by atoms with Crippen LogP contribution in [0.4, 0.5) is 0 Å². The minimum atomic E-state index is -0.337. The molecule has 0 bridgehead atoms. The molecule has 1 atom stereocenters. The third kappa shape index (κ3) is 2.29. The van der Waals surface area contributed by atoms with Crippen molar-refractivity contribution in [2.24, 2.45) is 0 Å². The largest absolute Gasteiger partial charge is 0.381 e. The summed E-state index contributed by atoms with van der Waals surface area (Å²) < 4.78 is 10.6. The summed E-state index contributed by atoms with van der Waals surface area (Å²) in [5.41, 5.74) is 0.801. The van der Waals surface area contributed by atoms with Gasteiger partial charge in [-0.15, -0.1) is 0 Å². The van der Waals surface area contributed by atoms with Crippen molar-refractivity contribution in [3.63, 3.8) is 0 Å². The Morgan fingerprint density at radius 3 is 2.23 bits per heavy atom. The maximum atomic E-state index is 5.44. The number of ether oxygens (including phenoxy) is 2. The Hall–Kier alpha value is -0.860. The second kappa shape index (κ2) is 4.40. The van der Waals surface area contributed by atoms with Crippen molar-refractivity contribution in [1.29, 1.82) is 0 Å². The molecule has 0 spiro atoms. The normalized spacial score (nSPS) is 15.3. The molecule has 1 unspecified atom stereocenters. The van der Waals surface area contributed by atoms with Crippen LogP contribution in [0.15, 0.2) is 30.3 Å². The van der Waals surface area contributed by atoms with Gasteiger partial charge in [0.2, 0.25) is 0 Å². The molecule has 2 heteroatoms. The summed E-state index contributed by atoms with van der Waals surface area (Å²) in [6.07, 6.45) is 0. The highest BCUT2D eigenvalue weighted by Crippen LogP contribution is 2.24. The molecule has 72 valence electrons. The van der Waals surface area contributed by atoms with Gasteiger partial charge in [-0.1, -0.05) is 30.3 Å². The lowest BCUT2D eigenvalue weighted by molar-refractivity contribution is -0.0555. The summed E-state index contributed by atoms with van der Waals surface area (Å²) in [6.45, 7) is 2.58. The van der Waals surface area contributed by atoms with Crippen LogP contribution in [0, 0.1) is 0 Å². The van der Waals surface area contributed by atoms with Gasteiger partial charge in [0.05, 0.1) is 6.61 Å². The zero-order valence-electron chi connectivity index (χ0n) is 8.41. The average molecular weight is 180 g/mol. The van der Waals surface area contributed by atoms with Crippen LogP contribution in [-0.2, 0) is 15.1 Å². The monoisotopic (exact) mass is 180 g/mol. The van der Waals surface area contributed by atoms with Gasteiger partial charge in [-0.2, -0.15) is 0 Å². The molecule has 0 saturated carbocycles. The summed E-state index contributed by atoms with van der Waals surface area (Å²) in [7, 11) is 3.38. The molecule has 0 heterocycles. The quantitative estimate of drug-likeness (QED) is 0.707. The summed E-state index contributed by atoms with van der Waals surface area (Å²) in [6, 6.07) is 10.1. The van der Waals surface area contributed by atoms with E-state index in [9.17, 15) is 0 Å². The Morgan fingerprint density at radius 2 is 1.77 bits per heavy atom. The lowest BCUT2D eigenvalue weighted by Gasteiger charge is -2.27. The van der Waals surface area contributed by atoms with Gasteiger partial charge in [0.25, 0.3) is 0 Å². The molecule has 0 fully saturated rings. The average Bonchev–Trinajstić information content (AvgIpc) is 2.19. The minimum absolute atomic E-state index is 0.337. The van der Waals surface area contributed by atoms with Crippen LogP contribution >= 0.6 is 0 Å². The second-order valence-corrected chi connectivity index (χ2v) is 3.23. The fraction of sp³-hybridized carbons (Fsp3) is 0.455. The Morgan fingerprint density at radius 1 is 1.15 bits per heavy atom. The lowest BCUT2D eigenvalue weighted by atomic mass is 9.97. The predicted octanol–water partition coefficient (Wildman–Crippen LogP) is 2.19. The number of methoxy groups -OCH3 is 2. The summed E-state index contributed by atoms with van der Waals surface area (Å²) in [5.74, 6) is 0. The van der Waals surface area contributed by atoms with Gasteiger partial charge in [-0.3, -0.25) is 0 Å². The Kier molecular flexibility index (Phi) is 3.46. The van der Waals surface area contributed by atoms with Crippen molar-refractivity contribution >= 4 is 0 Å². The molecule has 0 N–H and O–H groups in total. The van der Waals surface area contributed by atoms with E-state index in [1.807, 2.05) is 37.3 Å². The van der Waals surface area contributed by atoms with E-state index in [0.29, 0.717) is 6.61 Å². The third-order valence-electron chi connectivity index (χ3n) is 2.25. The molecule has 0 amide bonds.